The summed E-state index contributed by atoms with van der Waals surface area (Å²) < 4.78 is 19.6. The Morgan fingerprint density at radius 3 is 2.27 bits per heavy atom. The Morgan fingerprint density at radius 2 is 1.58 bits per heavy atom. The Kier molecular flexibility index (Phi) is 3.50. The Bertz CT molecular complexity index is 999. The van der Waals surface area contributed by atoms with Crippen LogP contribution in [0.2, 0.25) is 0 Å². The molecule has 0 fully saturated rings. The maximum Gasteiger partial charge on any atom is 0.227 e. The molecule has 0 radical (unpaired) electrons. The molecule has 0 saturated carbocycles. The predicted molar refractivity (Wildman–Crippen MR) is 102 cm³/mol. The molecule has 134 valence electrons. The van der Waals surface area contributed by atoms with Crippen molar-refractivity contribution in [3.05, 3.63) is 52.3 Å². The zero-order valence-electron chi connectivity index (χ0n) is 15.6. The Balaban J connectivity index is 1.82. The third-order valence-corrected chi connectivity index (χ3v) is 6.59. The molecule has 2 aliphatic carbocycles. The van der Waals surface area contributed by atoms with Gasteiger partial charge >= 0.3 is 0 Å². The van der Waals surface area contributed by atoms with E-state index in [4.69, 9.17) is 9.40 Å². The normalized spacial score (nSPS) is 24.7. The van der Waals surface area contributed by atoms with Crippen LogP contribution in [0.4, 0.5) is 4.39 Å². The van der Waals surface area contributed by atoms with Crippen LogP contribution in [0.5, 0.6) is 0 Å². The lowest BCUT2D eigenvalue weighted by Gasteiger charge is -2.38. The van der Waals surface area contributed by atoms with Gasteiger partial charge in [-0.2, -0.15) is 0 Å². The molecule has 0 N–H and O–H groups in total. The summed E-state index contributed by atoms with van der Waals surface area (Å²) in [5.74, 6) is 2.12. The molecule has 2 aromatic carbocycles. The molecule has 0 bridgehead atoms. The van der Waals surface area contributed by atoms with E-state index in [1.165, 1.54) is 54.5 Å². The quantitative estimate of drug-likeness (QED) is 0.482. The van der Waals surface area contributed by atoms with E-state index in [1.807, 2.05) is 0 Å². The van der Waals surface area contributed by atoms with Gasteiger partial charge in [0, 0.05) is 11.1 Å². The number of aryl methyl sites for hydroxylation is 1. The van der Waals surface area contributed by atoms with Crippen molar-refractivity contribution in [3.8, 4) is 11.5 Å². The van der Waals surface area contributed by atoms with Crippen molar-refractivity contribution < 1.29 is 8.81 Å². The van der Waals surface area contributed by atoms with E-state index in [1.54, 1.807) is 17.7 Å². The molecule has 3 heteroatoms. The summed E-state index contributed by atoms with van der Waals surface area (Å²) in [6.45, 7) is 6.87. The van der Waals surface area contributed by atoms with Crippen LogP contribution in [0.15, 0.2) is 28.7 Å². The van der Waals surface area contributed by atoms with Crippen molar-refractivity contribution in [2.75, 3.05) is 0 Å². The summed E-state index contributed by atoms with van der Waals surface area (Å²) in [6, 6.07) is 6.42. The van der Waals surface area contributed by atoms with Crippen LogP contribution >= 0.6 is 0 Å². The number of oxazole rings is 1. The van der Waals surface area contributed by atoms with Crippen LogP contribution in [-0.4, -0.2) is 4.98 Å². The topological polar surface area (TPSA) is 26.0 Å². The fraction of sp³-hybridized carbons (Fsp3) is 0.435. The largest absolute Gasteiger partial charge is 0.436 e. The van der Waals surface area contributed by atoms with Gasteiger partial charge in [0.2, 0.25) is 5.89 Å². The zero-order valence-corrected chi connectivity index (χ0v) is 15.6. The second-order valence-electron chi connectivity index (χ2n) is 8.22. The number of nitrogens with zero attached hydrogens (tertiary/aromatic N) is 1. The molecule has 1 unspecified atom stereocenters. The summed E-state index contributed by atoms with van der Waals surface area (Å²) in [6.07, 6.45) is 5.06. The van der Waals surface area contributed by atoms with Gasteiger partial charge in [0.25, 0.3) is 0 Å². The van der Waals surface area contributed by atoms with Crippen molar-refractivity contribution in [2.45, 2.75) is 64.2 Å². The molecule has 2 nitrogen and oxygen atoms in total. The minimum atomic E-state index is -0.239. The summed E-state index contributed by atoms with van der Waals surface area (Å²) in [7, 11) is 0. The number of benzene rings is 2. The lowest BCUT2D eigenvalue weighted by Crippen LogP contribution is -2.22. The first-order chi connectivity index (χ1) is 12.5. The first-order valence-corrected chi connectivity index (χ1v) is 9.77. The van der Waals surface area contributed by atoms with Gasteiger partial charge in [-0.3, -0.25) is 0 Å². The number of halogens is 1. The van der Waals surface area contributed by atoms with Crippen molar-refractivity contribution in [3.63, 3.8) is 0 Å². The van der Waals surface area contributed by atoms with Crippen molar-refractivity contribution in [2.24, 2.45) is 0 Å². The Labute approximate surface area is 153 Å². The molecule has 0 aliphatic heterocycles. The number of hydrogen-bond donors (Lipinski definition) is 0. The minimum absolute atomic E-state index is 0.239. The van der Waals surface area contributed by atoms with Gasteiger partial charge in [0.15, 0.2) is 5.58 Å². The fourth-order valence-corrected chi connectivity index (χ4v) is 5.26. The highest BCUT2D eigenvalue weighted by Crippen LogP contribution is 2.53. The van der Waals surface area contributed by atoms with E-state index < -0.39 is 0 Å². The summed E-state index contributed by atoms with van der Waals surface area (Å²) in [4.78, 5) is 4.86. The van der Waals surface area contributed by atoms with Gasteiger partial charge in [-0.25, -0.2) is 9.37 Å². The van der Waals surface area contributed by atoms with E-state index in [2.05, 4.69) is 20.8 Å². The van der Waals surface area contributed by atoms with Crippen molar-refractivity contribution >= 4 is 11.1 Å². The first-order valence-electron chi connectivity index (χ1n) is 9.77. The lowest BCUT2D eigenvalue weighted by atomic mass is 9.66. The second kappa shape index (κ2) is 5.67. The van der Waals surface area contributed by atoms with Crippen LogP contribution in [0.3, 0.4) is 0 Å². The van der Waals surface area contributed by atoms with Crippen molar-refractivity contribution in [1.82, 2.24) is 4.98 Å². The van der Waals surface area contributed by atoms with E-state index in [9.17, 15) is 4.39 Å². The maximum absolute atomic E-state index is 13.3. The number of hydrogen-bond acceptors (Lipinski definition) is 2. The van der Waals surface area contributed by atoms with E-state index in [0.717, 1.165) is 16.7 Å². The molecule has 0 saturated heterocycles. The molecular weight excluding hydrogens is 325 g/mol. The maximum atomic E-state index is 13.3. The Morgan fingerprint density at radius 1 is 0.923 bits per heavy atom. The predicted octanol–water partition coefficient (Wildman–Crippen LogP) is 6.82. The van der Waals surface area contributed by atoms with E-state index in [0.29, 0.717) is 23.6 Å². The molecular formula is C23H24FNO. The lowest BCUT2D eigenvalue weighted by molar-refractivity contribution is 0.420. The highest BCUT2D eigenvalue weighted by Gasteiger charge is 2.36. The van der Waals surface area contributed by atoms with Gasteiger partial charge in [-0.1, -0.05) is 13.8 Å². The number of fused-ring (bicyclic) bond motifs is 2. The smallest absolute Gasteiger partial charge is 0.227 e. The molecule has 1 aromatic heterocycles. The molecule has 5 rings (SSSR count). The van der Waals surface area contributed by atoms with Gasteiger partial charge in [0.1, 0.15) is 11.3 Å². The molecule has 26 heavy (non-hydrogen) atoms. The van der Waals surface area contributed by atoms with Crippen molar-refractivity contribution in [1.29, 1.82) is 0 Å². The Hall–Kier alpha value is -2.16. The highest BCUT2D eigenvalue weighted by molar-refractivity contribution is 5.86. The highest BCUT2D eigenvalue weighted by atomic mass is 19.1. The van der Waals surface area contributed by atoms with Crippen LogP contribution in [0.25, 0.3) is 22.6 Å². The van der Waals surface area contributed by atoms with Crippen LogP contribution in [0.1, 0.15) is 79.5 Å². The molecule has 3 aromatic rings. The molecule has 0 amide bonds. The molecule has 1 heterocycles. The average Bonchev–Trinajstić information content (AvgIpc) is 3.07. The first kappa shape index (κ1) is 16.0. The number of rotatable bonds is 1. The zero-order chi connectivity index (χ0) is 18.0. The summed E-state index contributed by atoms with van der Waals surface area (Å²) >= 11 is 0. The van der Waals surface area contributed by atoms with Crippen LogP contribution in [-0.2, 0) is 0 Å². The molecule has 0 spiro atoms. The van der Waals surface area contributed by atoms with Gasteiger partial charge in [-0.05, 0) is 91.3 Å². The number of aromatic nitrogens is 1. The SMILES string of the molecule is Cc1c2c3c(c4oc(-c5ccc(F)cc5)nc14)[C@@H](C)CCC3CC[C@H]2C. The monoisotopic (exact) mass is 349 g/mol. The molecule has 2 aliphatic rings. The van der Waals surface area contributed by atoms with Gasteiger partial charge < -0.3 is 4.42 Å². The van der Waals surface area contributed by atoms with Crippen LogP contribution in [0, 0.1) is 12.7 Å². The van der Waals surface area contributed by atoms with Crippen LogP contribution < -0.4 is 0 Å². The van der Waals surface area contributed by atoms with Gasteiger partial charge in [0.05, 0.1) is 0 Å². The third-order valence-electron chi connectivity index (χ3n) is 6.59. The average molecular weight is 349 g/mol. The third kappa shape index (κ3) is 2.19. The summed E-state index contributed by atoms with van der Waals surface area (Å²) in [5, 5.41) is 0. The molecule has 3 atom stereocenters. The van der Waals surface area contributed by atoms with E-state index >= 15 is 0 Å². The van der Waals surface area contributed by atoms with E-state index in [-0.39, 0.29) is 5.82 Å². The fourth-order valence-electron chi connectivity index (χ4n) is 5.26. The standard InChI is InChI=1S/C23H24FNO/c1-12-4-6-15-7-5-13(2)19-20(15)18(12)14(3)21-22(19)26-23(25-21)16-8-10-17(24)11-9-16/h8-13,15H,4-7H2,1-3H3/t12-,13+,15?/m1/s1. The summed E-state index contributed by atoms with van der Waals surface area (Å²) in [5.41, 5.74) is 8.56. The minimum Gasteiger partial charge on any atom is -0.436 e. The van der Waals surface area contributed by atoms with Gasteiger partial charge in [-0.15, -0.1) is 0 Å². The second-order valence-corrected chi connectivity index (χ2v) is 8.22.